The number of hydrogen-bond donors (Lipinski definition) is 1. The lowest BCUT2D eigenvalue weighted by Gasteiger charge is -2.36. The Hall–Kier alpha value is -0.0800. The van der Waals surface area contributed by atoms with Crippen molar-refractivity contribution in [2.45, 2.75) is 66.2 Å². The molecule has 1 atom stereocenters. The molecule has 0 rings (SSSR count). The summed E-state index contributed by atoms with van der Waals surface area (Å²) in [5.74, 6) is 0. The fourth-order valence-electron chi connectivity index (χ4n) is 1.95. The molecule has 80 valence electrons. The van der Waals surface area contributed by atoms with Gasteiger partial charge in [0, 0.05) is 12.1 Å². The summed E-state index contributed by atoms with van der Waals surface area (Å²) in [4.78, 5) is 2.50. The van der Waals surface area contributed by atoms with Gasteiger partial charge >= 0.3 is 0 Å². The molecule has 0 aromatic rings. The van der Waals surface area contributed by atoms with Gasteiger partial charge in [0.2, 0.25) is 0 Å². The van der Waals surface area contributed by atoms with Crippen LogP contribution in [0.1, 0.15) is 48.0 Å². The summed E-state index contributed by atoms with van der Waals surface area (Å²) in [7, 11) is 0. The Morgan fingerprint density at radius 1 is 1.00 bits per heavy atom. The van der Waals surface area contributed by atoms with Gasteiger partial charge in [0.05, 0.1) is 6.17 Å². The normalized spacial score (nSPS) is 14.5. The van der Waals surface area contributed by atoms with Gasteiger partial charge in [0.25, 0.3) is 0 Å². The van der Waals surface area contributed by atoms with Gasteiger partial charge in [-0.3, -0.25) is 4.90 Å². The zero-order valence-electron chi connectivity index (χ0n) is 10.1. The Morgan fingerprint density at radius 3 is 1.77 bits per heavy atom. The molecule has 0 heterocycles. The van der Waals surface area contributed by atoms with E-state index in [9.17, 15) is 0 Å². The van der Waals surface area contributed by atoms with Gasteiger partial charge in [0.1, 0.15) is 0 Å². The van der Waals surface area contributed by atoms with Gasteiger partial charge in [-0.2, -0.15) is 0 Å². The largest absolute Gasteiger partial charge is 0.302 e. The lowest BCUT2D eigenvalue weighted by molar-refractivity contribution is 0.101. The highest BCUT2D eigenvalue weighted by molar-refractivity contribution is 4.72. The third-order valence-electron chi connectivity index (χ3n) is 2.33. The number of nitrogens with zero attached hydrogens (tertiary/aromatic N) is 1. The first-order chi connectivity index (χ1) is 6.00. The maximum atomic E-state index is 3.52. The Kier molecular flexibility index (Phi) is 6.35. The van der Waals surface area contributed by atoms with Crippen LogP contribution < -0.4 is 5.32 Å². The molecule has 0 aliphatic rings. The molecule has 1 N–H and O–H groups in total. The quantitative estimate of drug-likeness (QED) is 0.641. The molecule has 1 unspecified atom stereocenters. The van der Waals surface area contributed by atoms with E-state index in [0.717, 1.165) is 6.54 Å². The second kappa shape index (κ2) is 6.39. The lowest BCUT2D eigenvalue weighted by Crippen LogP contribution is -2.50. The fourth-order valence-corrected chi connectivity index (χ4v) is 1.95. The summed E-state index contributed by atoms with van der Waals surface area (Å²) < 4.78 is 0. The minimum atomic E-state index is 0.486. The number of nitrogens with one attached hydrogen (secondary N) is 1. The van der Waals surface area contributed by atoms with Crippen LogP contribution >= 0.6 is 0 Å². The van der Waals surface area contributed by atoms with Crippen molar-refractivity contribution in [1.82, 2.24) is 10.2 Å². The van der Waals surface area contributed by atoms with Crippen molar-refractivity contribution in [3.8, 4) is 0 Å². The first-order valence-electron chi connectivity index (χ1n) is 5.51. The molecule has 0 fully saturated rings. The van der Waals surface area contributed by atoms with Crippen molar-refractivity contribution in [1.29, 1.82) is 0 Å². The van der Waals surface area contributed by atoms with Gasteiger partial charge in [-0.25, -0.2) is 0 Å². The van der Waals surface area contributed by atoms with Gasteiger partial charge in [-0.1, -0.05) is 6.92 Å². The molecule has 13 heavy (non-hydrogen) atoms. The zero-order valence-corrected chi connectivity index (χ0v) is 10.1. The van der Waals surface area contributed by atoms with Crippen molar-refractivity contribution in [3.63, 3.8) is 0 Å². The predicted molar refractivity (Wildman–Crippen MR) is 59.9 cm³/mol. The average molecular weight is 186 g/mol. The van der Waals surface area contributed by atoms with E-state index < -0.39 is 0 Å². The monoisotopic (exact) mass is 186 g/mol. The zero-order chi connectivity index (χ0) is 10.4. The van der Waals surface area contributed by atoms with Crippen LogP contribution in [0.3, 0.4) is 0 Å². The Labute approximate surface area is 83.7 Å². The van der Waals surface area contributed by atoms with E-state index in [2.05, 4.69) is 51.8 Å². The van der Waals surface area contributed by atoms with Crippen molar-refractivity contribution in [2.24, 2.45) is 0 Å². The van der Waals surface area contributed by atoms with Gasteiger partial charge in [0.15, 0.2) is 0 Å². The molecule has 0 saturated carbocycles. The molecule has 0 amide bonds. The van der Waals surface area contributed by atoms with Crippen LogP contribution in [0.4, 0.5) is 0 Å². The molecular formula is C11H26N2. The summed E-state index contributed by atoms with van der Waals surface area (Å²) >= 11 is 0. The minimum Gasteiger partial charge on any atom is -0.302 e. The standard InChI is InChI=1S/C11H26N2/c1-7-8-12-11(6)13(9(2)3)10(4)5/h9-12H,7-8H2,1-6H3. The maximum absolute atomic E-state index is 3.52. The molecule has 0 aliphatic heterocycles. The van der Waals surface area contributed by atoms with E-state index in [1.807, 2.05) is 0 Å². The topological polar surface area (TPSA) is 15.3 Å². The SMILES string of the molecule is CCCNC(C)N(C(C)C)C(C)C. The molecule has 2 nitrogen and oxygen atoms in total. The molecule has 0 bridgehead atoms. The second-order valence-electron chi connectivity index (χ2n) is 4.26. The molecular weight excluding hydrogens is 160 g/mol. The lowest BCUT2D eigenvalue weighted by atomic mass is 10.2. The van der Waals surface area contributed by atoms with Crippen LogP contribution in [-0.2, 0) is 0 Å². The van der Waals surface area contributed by atoms with Gasteiger partial charge < -0.3 is 5.32 Å². The van der Waals surface area contributed by atoms with Crippen molar-refractivity contribution in [2.75, 3.05) is 6.54 Å². The van der Waals surface area contributed by atoms with Crippen LogP contribution in [0.15, 0.2) is 0 Å². The molecule has 0 aromatic carbocycles. The Morgan fingerprint density at radius 2 is 1.46 bits per heavy atom. The summed E-state index contributed by atoms with van der Waals surface area (Å²) in [6.45, 7) is 14.6. The molecule has 0 saturated heterocycles. The van der Waals surface area contributed by atoms with Crippen LogP contribution in [0.25, 0.3) is 0 Å². The molecule has 0 spiro atoms. The van der Waals surface area contributed by atoms with E-state index in [1.165, 1.54) is 6.42 Å². The van der Waals surface area contributed by atoms with Crippen molar-refractivity contribution >= 4 is 0 Å². The first kappa shape index (κ1) is 12.9. The van der Waals surface area contributed by atoms with E-state index in [1.54, 1.807) is 0 Å². The smallest absolute Gasteiger partial charge is 0.0572 e. The van der Waals surface area contributed by atoms with Crippen LogP contribution in [0, 0.1) is 0 Å². The summed E-state index contributed by atoms with van der Waals surface area (Å²) in [6.07, 6.45) is 1.69. The van der Waals surface area contributed by atoms with E-state index >= 15 is 0 Å². The number of hydrogen-bond acceptors (Lipinski definition) is 2. The van der Waals surface area contributed by atoms with E-state index in [0.29, 0.717) is 18.2 Å². The van der Waals surface area contributed by atoms with E-state index in [4.69, 9.17) is 0 Å². The summed E-state index contributed by atoms with van der Waals surface area (Å²) in [6, 6.07) is 1.22. The third kappa shape index (κ3) is 4.63. The maximum Gasteiger partial charge on any atom is 0.0572 e. The Balaban J connectivity index is 4.04. The van der Waals surface area contributed by atoms with Crippen molar-refractivity contribution < 1.29 is 0 Å². The predicted octanol–water partition coefficient (Wildman–Crippen LogP) is 2.45. The van der Waals surface area contributed by atoms with Gasteiger partial charge in [-0.05, 0) is 47.6 Å². The first-order valence-corrected chi connectivity index (χ1v) is 5.51. The fraction of sp³-hybridized carbons (Fsp3) is 1.00. The highest BCUT2D eigenvalue weighted by Gasteiger charge is 2.18. The minimum absolute atomic E-state index is 0.486. The van der Waals surface area contributed by atoms with Crippen LogP contribution in [-0.4, -0.2) is 29.7 Å². The second-order valence-corrected chi connectivity index (χ2v) is 4.26. The van der Waals surface area contributed by atoms with Gasteiger partial charge in [-0.15, -0.1) is 0 Å². The summed E-state index contributed by atoms with van der Waals surface area (Å²) in [5, 5.41) is 3.52. The van der Waals surface area contributed by atoms with Crippen molar-refractivity contribution in [3.05, 3.63) is 0 Å². The molecule has 0 radical (unpaired) electrons. The molecule has 0 aliphatic carbocycles. The van der Waals surface area contributed by atoms with Crippen LogP contribution in [0.5, 0.6) is 0 Å². The average Bonchev–Trinajstić information content (AvgIpc) is 1.99. The summed E-state index contributed by atoms with van der Waals surface area (Å²) in [5.41, 5.74) is 0. The molecule has 2 heteroatoms. The Bertz CT molecular complexity index is 113. The molecule has 0 aromatic heterocycles. The number of rotatable bonds is 6. The highest BCUT2D eigenvalue weighted by atomic mass is 15.3. The third-order valence-corrected chi connectivity index (χ3v) is 2.33. The highest BCUT2D eigenvalue weighted by Crippen LogP contribution is 2.08. The van der Waals surface area contributed by atoms with Crippen LogP contribution in [0.2, 0.25) is 0 Å². The van der Waals surface area contributed by atoms with E-state index in [-0.39, 0.29) is 0 Å².